The highest BCUT2D eigenvalue weighted by atomic mass is 16.6. The summed E-state index contributed by atoms with van der Waals surface area (Å²) in [6.07, 6.45) is 0.626. The van der Waals surface area contributed by atoms with Gasteiger partial charge in [-0.3, -0.25) is 4.79 Å². The van der Waals surface area contributed by atoms with Crippen molar-refractivity contribution in [2.24, 2.45) is 0 Å². The number of carbonyl (C=O) groups is 3. The van der Waals surface area contributed by atoms with Gasteiger partial charge in [0.05, 0.1) is 0 Å². The van der Waals surface area contributed by atoms with Crippen LogP contribution in [-0.4, -0.2) is 34.6 Å². The summed E-state index contributed by atoms with van der Waals surface area (Å²) in [4.78, 5) is 32.9. The first kappa shape index (κ1) is 11.5. The van der Waals surface area contributed by atoms with Crippen LogP contribution in [0.3, 0.4) is 0 Å². The molecule has 1 aliphatic heterocycles. The van der Waals surface area contributed by atoms with E-state index in [9.17, 15) is 14.4 Å². The summed E-state index contributed by atoms with van der Waals surface area (Å²) in [5.41, 5.74) is -1.57. The minimum absolute atomic E-state index is 0.218. The molecule has 1 atom stereocenters. The minimum atomic E-state index is -1.57. The van der Waals surface area contributed by atoms with Gasteiger partial charge in [0, 0.05) is 6.42 Å². The molecule has 0 spiro atoms. The molecule has 6 heteroatoms. The van der Waals surface area contributed by atoms with E-state index in [4.69, 9.17) is 9.84 Å². The molecule has 0 saturated carbocycles. The molecule has 0 aromatic carbocycles. The third-order valence-corrected chi connectivity index (χ3v) is 2.15. The van der Waals surface area contributed by atoms with E-state index in [0.29, 0.717) is 6.42 Å². The van der Waals surface area contributed by atoms with E-state index >= 15 is 0 Å². The number of carboxylic acids is 1. The van der Waals surface area contributed by atoms with Crippen LogP contribution < -0.4 is 5.32 Å². The Morgan fingerprint density at radius 3 is 2.53 bits per heavy atom. The maximum atomic E-state index is 11.4. The highest BCUT2D eigenvalue weighted by molar-refractivity contribution is 5.89. The second-order valence-electron chi connectivity index (χ2n) is 3.90. The largest absolute Gasteiger partial charge is 0.478 e. The van der Waals surface area contributed by atoms with Crippen molar-refractivity contribution in [1.82, 2.24) is 5.32 Å². The number of aliphatic carboxylic acids is 1. The van der Waals surface area contributed by atoms with Gasteiger partial charge in [-0.15, -0.1) is 0 Å². The first-order valence-electron chi connectivity index (χ1n) is 4.58. The Hall–Kier alpha value is -1.59. The van der Waals surface area contributed by atoms with Crippen LogP contribution in [-0.2, 0) is 19.1 Å². The highest BCUT2D eigenvalue weighted by Crippen LogP contribution is 2.14. The van der Waals surface area contributed by atoms with Crippen LogP contribution in [0.4, 0.5) is 0 Å². The number of esters is 1. The van der Waals surface area contributed by atoms with Crippen molar-refractivity contribution in [2.45, 2.75) is 38.3 Å². The van der Waals surface area contributed by atoms with Crippen LogP contribution in [0, 0.1) is 0 Å². The Morgan fingerprint density at radius 2 is 2.13 bits per heavy atom. The monoisotopic (exact) mass is 215 g/mol. The third kappa shape index (κ3) is 2.68. The summed E-state index contributed by atoms with van der Waals surface area (Å²) in [6, 6.07) is -0.712. The molecule has 6 nitrogen and oxygen atoms in total. The molecule has 1 saturated heterocycles. The number of nitrogens with one attached hydrogen (secondary N) is 1. The molecule has 0 aromatic rings. The lowest BCUT2D eigenvalue weighted by Gasteiger charge is -2.21. The number of carboxylic acid groups (broad SMARTS) is 1. The van der Waals surface area contributed by atoms with Crippen molar-refractivity contribution in [2.75, 3.05) is 0 Å². The quantitative estimate of drug-likeness (QED) is 0.629. The van der Waals surface area contributed by atoms with Crippen LogP contribution in [0.25, 0.3) is 0 Å². The number of ether oxygens (including phenoxy) is 1. The van der Waals surface area contributed by atoms with Crippen LogP contribution in [0.15, 0.2) is 0 Å². The molecule has 1 aliphatic rings. The van der Waals surface area contributed by atoms with Crippen molar-refractivity contribution in [1.29, 1.82) is 0 Å². The second-order valence-corrected chi connectivity index (χ2v) is 3.90. The zero-order valence-electron chi connectivity index (χ0n) is 8.57. The summed E-state index contributed by atoms with van der Waals surface area (Å²) < 4.78 is 4.78. The Kier molecular flexibility index (Phi) is 2.97. The smallest absolute Gasteiger partial charge is 0.347 e. The zero-order chi connectivity index (χ0) is 11.6. The van der Waals surface area contributed by atoms with Gasteiger partial charge in [0.1, 0.15) is 6.04 Å². The molecule has 1 rings (SSSR count). The van der Waals surface area contributed by atoms with Crippen LogP contribution in [0.5, 0.6) is 0 Å². The van der Waals surface area contributed by atoms with Crippen molar-refractivity contribution < 1.29 is 24.2 Å². The van der Waals surface area contributed by atoms with Gasteiger partial charge >= 0.3 is 11.9 Å². The SMILES string of the molecule is CC(C)(OC(=O)[C@@H]1CCC(=O)N1)C(=O)O. The van der Waals surface area contributed by atoms with E-state index in [1.54, 1.807) is 0 Å². The third-order valence-electron chi connectivity index (χ3n) is 2.15. The lowest BCUT2D eigenvalue weighted by atomic mass is 10.1. The Labute approximate surface area is 86.6 Å². The molecule has 1 fully saturated rings. The fourth-order valence-electron chi connectivity index (χ4n) is 1.16. The van der Waals surface area contributed by atoms with Crippen molar-refractivity contribution in [3.05, 3.63) is 0 Å². The van der Waals surface area contributed by atoms with Gasteiger partial charge < -0.3 is 15.2 Å². The molecular weight excluding hydrogens is 202 g/mol. The van der Waals surface area contributed by atoms with Gasteiger partial charge in [0.2, 0.25) is 11.5 Å². The van der Waals surface area contributed by atoms with Gasteiger partial charge in [-0.05, 0) is 20.3 Å². The van der Waals surface area contributed by atoms with Crippen LogP contribution in [0.1, 0.15) is 26.7 Å². The number of amides is 1. The lowest BCUT2D eigenvalue weighted by molar-refractivity contribution is -0.175. The first-order chi connectivity index (χ1) is 6.83. The van der Waals surface area contributed by atoms with Crippen molar-refractivity contribution >= 4 is 17.8 Å². The zero-order valence-corrected chi connectivity index (χ0v) is 8.57. The number of carbonyl (C=O) groups excluding carboxylic acids is 2. The summed E-state index contributed by atoms with van der Waals surface area (Å²) in [6.45, 7) is 2.56. The van der Waals surface area contributed by atoms with Crippen molar-refractivity contribution in [3.8, 4) is 0 Å². The molecular formula is C9H13NO5. The average molecular weight is 215 g/mol. The van der Waals surface area contributed by atoms with Crippen LogP contribution >= 0.6 is 0 Å². The number of hydrogen-bond donors (Lipinski definition) is 2. The number of rotatable bonds is 3. The Balaban J connectivity index is 2.56. The first-order valence-corrected chi connectivity index (χ1v) is 4.58. The van der Waals surface area contributed by atoms with Gasteiger partial charge in [0.15, 0.2) is 0 Å². The van der Waals surface area contributed by atoms with E-state index in [0.717, 1.165) is 0 Å². The van der Waals surface area contributed by atoms with E-state index < -0.39 is 23.6 Å². The molecule has 0 radical (unpaired) electrons. The molecule has 0 unspecified atom stereocenters. The predicted molar refractivity (Wildman–Crippen MR) is 49.0 cm³/mol. The average Bonchev–Trinajstić information content (AvgIpc) is 2.50. The molecule has 15 heavy (non-hydrogen) atoms. The Bertz CT molecular complexity index is 310. The van der Waals surface area contributed by atoms with Gasteiger partial charge in [-0.2, -0.15) is 0 Å². The Morgan fingerprint density at radius 1 is 1.53 bits per heavy atom. The fraction of sp³-hybridized carbons (Fsp3) is 0.667. The van der Waals surface area contributed by atoms with E-state index in [2.05, 4.69) is 5.32 Å². The number of hydrogen-bond acceptors (Lipinski definition) is 4. The van der Waals surface area contributed by atoms with Gasteiger partial charge in [0.25, 0.3) is 0 Å². The molecule has 2 N–H and O–H groups in total. The maximum Gasteiger partial charge on any atom is 0.347 e. The van der Waals surface area contributed by atoms with E-state index in [1.807, 2.05) is 0 Å². The molecule has 84 valence electrons. The topological polar surface area (TPSA) is 92.7 Å². The highest BCUT2D eigenvalue weighted by Gasteiger charge is 2.36. The van der Waals surface area contributed by atoms with E-state index in [-0.39, 0.29) is 12.3 Å². The second kappa shape index (κ2) is 3.88. The summed E-state index contributed by atoms with van der Waals surface area (Å²) in [5, 5.41) is 11.1. The molecule has 1 amide bonds. The summed E-state index contributed by atoms with van der Waals surface area (Å²) >= 11 is 0. The van der Waals surface area contributed by atoms with Crippen molar-refractivity contribution in [3.63, 3.8) is 0 Å². The van der Waals surface area contributed by atoms with Crippen LogP contribution in [0.2, 0.25) is 0 Å². The standard InChI is InChI=1S/C9H13NO5/c1-9(2,8(13)14)15-7(12)5-3-4-6(11)10-5/h5H,3-4H2,1-2H3,(H,10,11)(H,13,14)/t5-/m0/s1. The molecule has 0 aliphatic carbocycles. The van der Waals surface area contributed by atoms with Gasteiger partial charge in [-0.25, -0.2) is 9.59 Å². The molecule has 0 aromatic heterocycles. The summed E-state index contributed by atoms with van der Waals surface area (Å²) in [5.74, 6) is -2.14. The minimum Gasteiger partial charge on any atom is -0.478 e. The predicted octanol–water partition coefficient (Wildman–Crippen LogP) is -0.329. The summed E-state index contributed by atoms with van der Waals surface area (Å²) in [7, 11) is 0. The molecule has 0 bridgehead atoms. The lowest BCUT2D eigenvalue weighted by Crippen LogP contribution is -2.43. The normalized spacial score (nSPS) is 20.9. The van der Waals surface area contributed by atoms with E-state index in [1.165, 1.54) is 13.8 Å². The van der Waals surface area contributed by atoms with Gasteiger partial charge in [-0.1, -0.05) is 0 Å². The molecule has 1 heterocycles. The fourth-order valence-corrected chi connectivity index (χ4v) is 1.16. The maximum absolute atomic E-state index is 11.4.